The fraction of sp³-hybridized carbons (Fsp3) is 0.692. The molecule has 100 valence electrons. The third-order valence-corrected chi connectivity index (χ3v) is 2.97. The number of nitrogens with one attached hydrogen (secondary N) is 1. The van der Waals surface area contributed by atoms with Crippen molar-refractivity contribution in [3.8, 4) is 0 Å². The minimum absolute atomic E-state index is 0.0172. The minimum Gasteiger partial charge on any atom is -0.444 e. The molecule has 1 aliphatic heterocycles. The third-order valence-electron chi connectivity index (χ3n) is 2.97. The van der Waals surface area contributed by atoms with Gasteiger partial charge in [0.1, 0.15) is 11.4 Å². The molecule has 0 saturated carbocycles. The van der Waals surface area contributed by atoms with Gasteiger partial charge < -0.3 is 9.72 Å². The van der Waals surface area contributed by atoms with Crippen LogP contribution in [0.4, 0.5) is 4.79 Å². The lowest BCUT2D eigenvalue weighted by Crippen LogP contribution is -2.42. The Balaban J connectivity index is 2.11. The van der Waals surface area contributed by atoms with Crippen LogP contribution >= 0.6 is 0 Å². The molecule has 1 aliphatic rings. The van der Waals surface area contributed by atoms with E-state index in [1.54, 1.807) is 17.3 Å². The van der Waals surface area contributed by atoms with Gasteiger partial charge in [0.2, 0.25) is 0 Å². The normalized spacial score (nSPS) is 20.8. The number of hydrogen-bond donors (Lipinski definition) is 1. The van der Waals surface area contributed by atoms with Crippen LogP contribution in [0, 0.1) is 0 Å². The van der Waals surface area contributed by atoms with Gasteiger partial charge in [0.05, 0.1) is 6.04 Å². The highest BCUT2D eigenvalue weighted by atomic mass is 16.6. The molecule has 0 aromatic carbocycles. The van der Waals surface area contributed by atoms with Crippen LogP contribution in [0.3, 0.4) is 0 Å². The molecule has 1 atom stereocenters. The van der Waals surface area contributed by atoms with Gasteiger partial charge in [-0.2, -0.15) is 0 Å². The lowest BCUT2D eigenvalue weighted by Gasteiger charge is -2.35. The van der Waals surface area contributed by atoms with E-state index in [9.17, 15) is 4.79 Å². The quantitative estimate of drug-likeness (QED) is 0.835. The van der Waals surface area contributed by atoms with E-state index in [0.717, 1.165) is 31.6 Å². The number of H-pyrrole nitrogens is 1. The maximum absolute atomic E-state index is 12.2. The summed E-state index contributed by atoms with van der Waals surface area (Å²) in [6, 6.07) is 0.0172. The molecular weight excluding hydrogens is 230 g/mol. The van der Waals surface area contributed by atoms with Crippen LogP contribution in [0.5, 0.6) is 0 Å². The summed E-state index contributed by atoms with van der Waals surface area (Å²) in [6.45, 7) is 6.39. The van der Waals surface area contributed by atoms with E-state index in [-0.39, 0.29) is 12.1 Å². The van der Waals surface area contributed by atoms with Gasteiger partial charge in [-0.25, -0.2) is 9.78 Å². The number of hydrogen-bond acceptors (Lipinski definition) is 3. The predicted molar refractivity (Wildman–Crippen MR) is 68.1 cm³/mol. The van der Waals surface area contributed by atoms with Crippen molar-refractivity contribution in [1.29, 1.82) is 0 Å². The molecule has 1 N–H and O–H groups in total. The Kier molecular flexibility index (Phi) is 3.59. The zero-order valence-electron chi connectivity index (χ0n) is 11.3. The fourth-order valence-corrected chi connectivity index (χ4v) is 2.21. The Labute approximate surface area is 108 Å². The third kappa shape index (κ3) is 3.03. The van der Waals surface area contributed by atoms with Crippen molar-refractivity contribution in [2.24, 2.45) is 0 Å². The molecule has 0 unspecified atom stereocenters. The number of nitrogens with zero attached hydrogens (tertiary/aromatic N) is 2. The molecule has 0 bridgehead atoms. The number of piperidine rings is 1. The van der Waals surface area contributed by atoms with Crippen molar-refractivity contribution in [2.75, 3.05) is 6.54 Å². The highest BCUT2D eigenvalue weighted by Gasteiger charge is 2.32. The fourth-order valence-electron chi connectivity index (χ4n) is 2.21. The van der Waals surface area contributed by atoms with E-state index in [1.165, 1.54) is 0 Å². The lowest BCUT2D eigenvalue weighted by molar-refractivity contribution is 0.00854. The Hall–Kier alpha value is -1.52. The Morgan fingerprint density at radius 2 is 2.28 bits per heavy atom. The standard InChI is InChI=1S/C13H21N3O2/c1-13(2,3)18-12(17)16-9-5-4-6-10(16)11-14-7-8-15-11/h7-8,10H,4-6,9H2,1-3H3,(H,14,15)/t10-/m0/s1. The highest BCUT2D eigenvalue weighted by molar-refractivity contribution is 5.68. The Morgan fingerprint density at radius 3 is 2.89 bits per heavy atom. The average molecular weight is 251 g/mol. The topological polar surface area (TPSA) is 58.2 Å². The minimum atomic E-state index is -0.456. The second kappa shape index (κ2) is 5.00. The van der Waals surface area contributed by atoms with Gasteiger partial charge in [-0.05, 0) is 40.0 Å². The lowest BCUT2D eigenvalue weighted by atomic mass is 10.0. The zero-order valence-corrected chi connectivity index (χ0v) is 11.3. The number of ether oxygens (including phenoxy) is 1. The first kappa shape index (κ1) is 12.9. The molecule has 2 rings (SSSR count). The summed E-state index contributed by atoms with van der Waals surface area (Å²) in [5.74, 6) is 0.848. The van der Waals surface area contributed by atoms with Gasteiger partial charge in [0.15, 0.2) is 0 Å². The van der Waals surface area contributed by atoms with Crippen molar-refractivity contribution in [3.63, 3.8) is 0 Å². The number of aromatic nitrogens is 2. The summed E-state index contributed by atoms with van der Waals surface area (Å²) >= 11 is 0. The molecule has 0 radical (unpaired) electrons. The monoisotopic (exact) mass is 251 g/mol. The highest BCUT2D eigenvalue weighted by Crippen LogP contribution is 2.30. The number of carbonyl (C=O) groups excluding carboxylic acids is 1. The Morgan fingerprint density at radius 1 is 1.50 bits per heavy atom. The molecule has 5 heteroatoms. The molecule has 2 heterocycles. The smallest absolute Gasteiger partial charge is 0.410 e. The molecule has 1 amide bonds. The van der Waals surface area contributed by atoms with E-state index >= 15 is 0 Å². The SMILES string of the molecule is CC(C)(C)OC(=O)N1CCCC[C@H]1c1ncc[nH]1. The molecule has 0 aliphatic carbocycles. The summed E-state index contributed by atoms with van der Waals surface area (Å²) in [7, 11) is 0. The van der Waals surface area contributed by atoms with E-state index in [4.69, 9.17) is 4.74 Å². The van der Waals surface area contributed by atoms with Crippen LogP contribution in [0.25, 0.3) is 0 Å². The first-order valence-corrected chi connectivity index (χ1v) is 6.46. The van der Waals surface area contributed by atoms with Gasteiger partial charge in [-0.3, -0.25) is 4.90 Å². The van der Waals surface area contributed by atoms with E-state index in [0.29, 0.717) is 0 Å². The Bertz CT molecular complexity index is 395. The molecule has 1 saturated heterocycles. The first-order chi connectivity index (χ1) is 8.47. The number of amides is 1. The van der Waals surface area contributed by atoms with Crippen LogP contribution in [0.15, 0.2) is 12.4 Å². The van der Waals surface area contributed by atoms with E-state index in [1.807, 2.05) is 20.8 Å². The van der Waals surface area contributed by atoms with Crippen molar-refractivity contribution in [3.05, 3.63) is 18.2 Å². The van der Waals surface area contributed by atoms with E-state index in [2.05, 4.69) is 9.97 Å². The molecule has 1 aromatic rings. The molecule has 18 heavy (non-hydrogen) atoms. The summed E-state index contributed by atoms with van der Waals surface area (Å²) in [4.78, 5) is 21.3. The predicted octanol–water partition coefficient (Wildman–Crippen LogP) is 2.87. The van der Waals surface area contributed by atoms with Crippen molar-refractivity contribution in [2.45, 2.75) is 51.7 Å². The van der Waals surface area contributed by atoms with E-state index < -0.39 is 5.60 Å². The summed E-state index contributed by atoms with van der Waals surface area (Å²) in [5, 5.41) is 0. The molecule has 1 aromatic heterocycles. The van der Waals surface area contributed by atoms with Gasteiger partial charge in [0, 0.05) is 18.9 Å². The number of carbonyl (C=O) groups is 1. The zero-order chi connectivity index (χ0) is 13.2. The van der Waals surface area contributed by atoms with Crippen LogP contribution in [-0.2, 0) is 4.74 Å². The van der Waals surface area contributed by atoms with Gasteiger partial charge in [-0.1, -0.05) is 0 Å². The second-order valence-corrected chi connectivity index (χ2v) is 5.66. The summed E-state index contributed by atoms with van der Waals surface area (Å²) in [6.07, 6.45) is 6.34. The molecule has 1 fully saturated rings. The van der Waals surface area contributed by atoms with Crippen LogP contribution in [-0.4, -0.2) is 33.1 Å². The molecule has 5 nitrogen and oxygen atoms in total. The van der Waals surface area contributed by atoms with Crippen LogP contribution in [0.2, 0.25) is 0 Å². The van der Waals surface area contributed by atoms with Crippen molar-refractivity contribution in [1.82, 2.24) is 14.9 Å². The molecule has 0 spiro atoms. The van der Waals surface area contributed by atoms with Gasteiger partial charge >= 0.3 is 6.09 Å². The molecular formula is C13H21N3O2. The number of rotatable bonds is 1. The first-order valence-electron chi connectivity index (χ1n) is 6.46. The summed E-state index contributed by atoms with van der Waals surface area (Å²) in [5.41, 5.74) is -0.456. The average Bonchev–Trinajstić information content (AvgIpc) is 2.80. The number of imidazole rings is 1. The van der Waals surface area contributed by atoms with Crippen LogP contribution < -0.4 is 0 Å². The largest absolute Gasteiger partial charge is 0.444 e. The van der Waals surface area contributed by atoms with Crippen molar-refractivity contribution < 1.29 is 9.53 Å². The van der Waals surface area contributed by atoms with Crippen molar-refractivity contribution >= 4 is 6.09 Å². The van der Waals surface area contributed by atoms with Gasteiger partial charge in [-0.15, -0.1) is 0 Å². The maximum Gasteiger partial charge on any atom is 0.410 e. The number of likely N-dealkylation sites (tertiary alicyclic amines) is 1. The van der Waals surface area contributed by atoms with Gasteiger partial charge in [0.25, 0.3) is 0 Å². The second-order valence-electron chi connectivity index (χ2n) is 5.66. The maximum atomic E-state index is 12.2. The number of aromatic amines is 1. The van der Waals surface area contributed by atoms with Crippen LogP contribution in [0.1, 0.15) is 51.9 Å². The summed E-state index contributed by atoms with van der Waals surface area (Å²) < 4.78 is 5.45.